The second-order valence-corrected chi connectivity index (χ2v) is 7.63. The first-order valence-electron chi connectivity index (χ1n) is 9.74. The Morgan fingerprint density at radius 2 is 1.87 bits per heavy atom. The van der Waals surface area contributed by atoms with Crippen LogP contribution < -0.4 is 11.1 Å². The Hall–Kier alpha value is -3.90. The fourth-order valence-electron chi connectivity index (χ4n) is 3.72. The van der Waals surface area contributed by atoms with Crippen molar-refractivity contribution in [2.45, 2.75) is 6.54 Å². The topological polar surface area (TPSA) is 85.8 Å². The van der Waals surface area contributed by atoms with E-state index in [1.54, 1.807) is 0 Å². The molecule has 7 heteroatoms. The van der Waals surface area contributed by atoms with E-state index >= 15 is 0 Å². The highest BCUT2D eigenvalue weighted by molar-refractivity contribution is 6.30. The number of carbonyl (C=O) groups is 1. The van der Waals surface area contributed by atoms with Crippen LogP contribution in [0, 0.1) is 0 Å². The molecule has 3 aromatic carbocycles. The van der Waals surface area contributed by atoms with Crippen molar-refractivity contribution in [2.75, 3.05) is 5.73 Å². The predicted octanol–water partition coefficient (Wildman–Crippen LogP) is 4.74. The summed E-state index contributed by atoms with van der Waals surface area (Å²) in [5, 5.41) is 5.39. The molecule has 0 spiro atoms. The average Bonchev–Trinajstić information content (AvgIpc) is 3.17. The number of benzene rings is 3. The van der Waals surface area contributed by atoms with Crippen molar-refractivity contribution in [2.24, 2.45) is 0 Å². The molecule has 0 atom stereocenters. The van der Waals surface area contributed by atoms with Crippen molar-refractivity contribution >= 4 is 45.1 Å². The molecule has 6 nitrogen and oxygen atoms in total. The number of nitrogen functional groups attached to an aromatic ring is 1. The summed E-state index contributed by atoms with van der Waals surface area (Å²) in [4.78, 5) is 21.4. The largest absolute Gasteiger partial charge is 0.383 e. The molecule has 31 heavy (non-hydrogen) atoms. The molecule has 5 aromatic rings. The molecule has 2 aromatic heterocycles. The van der Waals surface area contributed by atoms with Crippen molar-refractivity contribution in [3.8, 4) is 5.69 Å². The van der Waals surface area contributed by atoms with E-state index in [1.165, 1.54) is 6.33 Å². The van der Waals surface area contributed by atoms with E-state index < -0.39 is 0 Å². The van der Waals surface area contributed by atoms with Crippen molar-refractivity contribution in [3.63, 3.8) is 0 Å². The molecular formula is C24H18ClN5O. The maximum Gasteiger partial charge on any atom is 0.268 e. The SMILES string of the molecule is Nc1ncnc2cc(CNC(=O)c3cc4ccccc4n3-c3cccc(Cl)c3)ccc12. The second kappa shape index (κ2) is 7.74. The van der Waals surface area contributed by atoms with Crippen LogP contribution in [0.1, 0.15) is 16.1 Å². The van der Waals surface area contributed by atoms with Gasteiger partial charge in [-0.2, -0.15) is 0 Å². The summed E-state index contributed by atoms with van der Waals surface area (Å²) >= 11 is 6.21. The molecule has 0 aliphatic carbocycles. The summed E-state index contributed by atoms with van der Waals surface area (Å²) in [5.41, 5.74) is 9.86. The maximum absolute atomic E-state index is 13.2. The van der Waals surface area contributed by atoms with Crippen molar-refractivity contribution < 1.29 is 4.79 Å². The molecule has 2 heterocycles. The van der Waals surface area contributed by atoms with Gasteiger partial charge >= 0.3 is 0 Å². The summed E-state index contributed by atoms with van der Waals surface area (Å²) in [5.74, 6) is 0.255. The van der Waals surface area contributed by atoms with Gasteiger partial charge in [-0.15, -0.1) is 0 Å². The highest BCUT2D eigenvalue weighted by atomic mass is 35.5. The average molecular weight is 428 g/mol. The standard InChI is InChI=1S/C24H18ClN5O/c25-17-5-3-6-18(12-17)30-21-7-2-1-4-16(21)11-22(30)24(31)27-13-15-8-9-19-20(10-15)28-14-29-23(19)26/h1-12,14H,13H2,(H,27,31)(H2,26,28,29). The van der Waals surface area contributed by atoms with Crippen molar-refractivity contribution in [1.29, 1.82) is 0 Å². The smallest absolute Gasteiger partial charge is 0.268 e. The molecule has 3 N–H and O–H groups in total. The van der Waals surface area contributed by atoms with Crippen LogP contribution in [0.4, 0.5) is 5.82 Å². The monoisotopic (exact) mass is 427 g/mol. The summed E-state index contributed by atoms with van der Waals surface area (Å²) in [6.45, 7) is 0.357. The Morgan fingerprint density at radius 1 is 1.00 bits per heavy atom. The van der Waals surface area contributed by atoms with Crippen LogP contribution in [-0.2, 0) is 6.54 Å². The normalized spacial score (nSPS) is 11.1. The number of anilines is 1. The zero-order valence-electron chi connectivity index (χ0n) is 16.4. The Morgan fingerprint density at radius 3 is 2.74 bits per heavy atom. The summed E-state index contributed by atoms with van der Waals surface area (Å²) in [6, 6.07) is 22.9. The van der Waals surface area contributed by atoms with Crippen LogP contribution in [0.25, 0.3) is 27.5 Å². The van der Waals surface area contributed by atoms with Crippen LogP contribution >= 0.6 is 11.6 Å². The van der Waals surface area contributed by atoms with Crippen LogP contribution in [-0.4, -0.2) is 20.4 Å². The number of nitrogens with zero attached hydrogens (tertiary/aromatic N) is 3. The highest BCUT2D eigenvalue weighted by Crippen LogP contribution is 2.26. The molecule has 152 valence electrons. The van der Waals surface area contributed by atoms with Gasteiger partial charge in [-0.25, -0.2) is 9.97 Å². The molecule has 0 aliphatic heterocycles. The van der Waals surface area contributed by atoms with E-state index in [1.807, 2.05) is 77.4 Å². The first kappa shape index (κ1) is 19.1. The van der Waals surface area contributed by atoms with E-state index in [0.29, 0.717) is 23.1 Å². The summed E-state index contributed by atoms with van der Waals surface area (Å²) < 4.78 is 1.92. The number of rotatable bonds is 4. The molecule has 0 aliphatic rings. The third kappa shape index (κ3) is 3.58. The van der Waals surface area contributed by atoms with Gasteiger partial charge in [0.1, 0.15) is 17.8 Å². The Labute approximate surface area is 183 Å². The Balaban J connectivity index is 1.48. The van der Waals surface area contributed by atoms with Gasteiger partial charge in [0.05, 0.1) is 11.0 Å². The molecule has 0 saturated heterocycles. The molecule has 0 bridgehead atoms. The number of fused-ring (bicyclic) bond motifs is 2. The van der Waals surface area contributed by atoms with Crippen molar-refractivity contribution in [1.82, 2.24) is 19.9 Å². The van der Waals surface area contributed by atoms with E-state index in [4.69, 9.17) is 17.3 Å². The van der Waals surface area contributed by atoms with Crippen LogP contribution in [0.3, 0.4) is 0 Å². The zero-order valence-corrected chi connectivity index (χ0v) is 17.2. The second-order valence-electron chi connectivity index (χ2n) is 7.20. The van der Waals surface area contributed by atoms with Crippen LogP contribution in [0.5, 0.6) is 0 Å². The number of aromatic nitrogens is 3. The fourth-order valence-corrected chi connectivity index (χ4v) is 3.91. The molecule has 0 saturated carbocycles. The molecule has 0 unspecified atom stereocenters. The summed E-state index contributed by atoms with van der Waals surface area (Å²) in [7, 11) is 0. The number of nitrogens with two attached hydrogens (primary N) is 1. The van der Waals surface area contributed by atoms with Gasteiger partial charge in [0, 0.05) is 28.0 Å². The minimum Gasteiger partial charge on any atom is -0.383 e. The van der Waals surface area contributed by atoms with E-state index in [0.717, 1.165) is 33.1 Å². The third-order valence-corrected chi connectivity index (χ3v) is 5.43. The minimum absolute atomic E-state index is 0.182. The fraction of sp³-hybridized carbons (Fsp3) is 0.0417. The number of hydrogen-bond acceptors (Lipinski definition) is 4. The number of carbonyl (C=O) groups excluding carboxylic acids is 1. The summed E-state index contributed by atoms with van der Waals surface area (Å²) in [6.07, 6.45) is 1.43. The van der Waals surface area contributed by atoms with E-state index in [-0.39, 0.29) is 5.91 Å². The van der Waals surface area contributed by atoms with Gasteiger partial charge in [0.25, 0.3) is 5.91 Å². The molecule has 1 amide bonds. The number of amides is 1. The molecule has 0 fully saturated rings. The quantitative estimate of drug-likeness (QED) is 0.433. The lowest BCUT2D eigenvalue weighted by molar-refractivity contribution is 0.0944. The lowest BCUT2D eigenvalue weighted by Crippen LogP contribution is -2.25. The van der Waals surface area contributed by atoms with Gasteiger partial charge in [-0.05, 0) is 48.0 Å². The zero-order chi connectivity index (χ0) is 21.4. The first-order chi connectivity index (χ1) is 15.1. The van der Waals surface area contributed by atoms with Gasteiger partial charge in [-0.3, -0.25) is 4.79 Å². The lowest BCUT2D eigenvalue weighted by atomic mass is 10.1. The van der Waals surface area contributed by atoms with E-state index in [2.05, 4.69) is 15.3 Å². The van der Waals surface area contributed by atoms with Gasteiger partial charge in [0.2, 0.25) is 0 Å². The maximum atomic E-state index is 13.2. The van der Waals surface area contributed by atoms with Gasteiger partial charge in [-0.1, -0.05) is 41.9 Å². The predicted molar refractivity (Wildman–Crippen MR) is 123 cm³/mol. The van der Waals surface area contributed by atoms with E-state index in [9.17, 15) is 4.79 Å². The number of halogens is 1. The third-order valence-electron chi connectivity index (χ3n) is 5.19. The number of para-hydroxylation sites is 1. The number of nitrogens with one attached hydrogen (secondary N) is 1. The van der Waals surface area contributed by atoms with Crippen molar-refractivity contribution in [3.05, 3.63) is 95.4 Å². The molecule has 5 rings (SSSR count). The first-order valence-corrected chi connectivity index (χ1v) is 10.1. The minimum atomic E-state index is -0.182. The number of hydrogen-bond donors (Lipinski definition) is 2. The Bertz CT molecular complexity index is 1440. The molecular weight excluding hydrogens is 410 g/mol. The Kier molecular flexibility index (Phi) is 4.76. The highest BCUT2D eigenvalue weighted by Gasteiger charge is 2.17. The van der Waals surface area contributed by atoms with Gasteiger partial charge < -0.3 is 15.6 Å². The van der Waals surface area contributed by atoms with Gasteiger partial charge in [0.15, 0.2) is 0 Å². The van der Waals surface area contributed by atoms with Crippen LogP contribution in [0.2, 0.25) is 5.02 Å². The molecule has 0 radical (unpaired) electrons. The van der Waals surface area contributed by atoms with Crippen LogP contribution in [0.15, 0.2) is 79.1 Å². The lowest BCUT2D eigenvalue weighted by Gasteiger charge is -2.12.